The summed E-state index contributed by atoms with van der Waals surface area (Å²) in [6.07, 6.45) is -2.88. The first kappa shape index (κ1) is 23.7. The van der Waals surface area contributed by atoms with Crippen LogP contribution in [-0.2, 0) is 6.54 Å². The summed E-state index contributed by atoms with van der Waals surface area (Å²) in [5.74, 6) is -2.70. The highest BCUT2D eigenvalue weighted by atomic mass is 35.5. The number of nitrogens with one attached hydrogen (secondary N) is 2. The Kier molecular flexibility index (Phi) is 7.30. The number of ether oxygens (including phenoxy) is 1. The number of rotatable bonds is 7. The summed E-state index contributed by atoms with van der Waals surface area (Å²) >= 11 is 11.8. The topological polar surface area (TPSA) is 140 Å². The van der Waals surface area contributed by atoms with Crippen LogP contribution in [0.2, 0.25) is 10.2 Å². The van der Waals surface area contributed by atoms with Crippen LogP contribution in [0.4, 0.5) is 19.1 Å². The summed E-state index contributed by atoms with van der Waals surface area (Å²) in [5, 5.41) is 14.2. The zero-order valence-corrected chi connectivity index (χ0v) is 17.6. The van der Waals surface area contributed by atoms with Crippen molar-refractivity contribution in [3.05, 3.63) is 79.2 Å². The highest BCUT2D eigenvalue weighted by molar-refractivity contribution is 6.32. The molecule has 1 amide bonds. The van der Waals surface area contributed by atoms with Gasteiger partial charge in [0.05, 0.1) is 16.7 Å². The summed E-state index contributed by atoms with van der Waals surface area (Å²) in [4.78, 5) is 20.9. The van der Waals surface area contributed by atoms with E-state index in [0.717, 1.165) is 18.2 Å². The van der Waals surface area contributed by atoms with E-state index in [-0.39, 0.29) is 45.2 Å². The molecule has 0 fully saturated rings. The summed E-state index contributed by atoms with van der Waals surface area (Å²) in [6.45, 7) is -0.348. The second kappa shape index (κ2) is 10.1. The number of carbonyl (C=O) groups is 1. The molecule has 0 saturated carbocycles. The van der Waals surface area contributed by atoms with Gasteiger partial charge in [-0.3, -0.25) is 4.79 Å². The van der Waals surface area contributed by atoms with Crippen molar-refractivity contribution >= 4 is 35.1 Å². The third-order valence-corrected chi connectivity index (χ3v) is 4.67. The van der Waals surface area contributed by atoms with E-state index in [4.69, 9.17) is 38.7 Å². The highest BCUT2D eigenvalue weighted by Crippen LogP contribution is 2.35. The lowest BCUT2D eigenvalue weighted by Gasteiger charge is -2.13. The van der Waals surface area contributed by atoms with Gasteiger partial charge in [-0.05, 0) is 34.9 Å². The van der Waals surface area contributed by atoms with Gasteiger partial charge in [0, 0.05) is 22.6 Å². The fraction of sp³-hybridized carbons (Fsp3) is 0.105. The van der Waals surface area contributed by atoms with Crippen LogP contribution in [0.1, 0.15) is 33.6 Å². The molecule has 3 rings (SSSR count). The number of aromatic amines is 1. The van der Waals surface area contributed by atoms with Gasteiger partial charge in [0.15, 0.2) is 23.2 Å². The maximum atomic E-state index is 15.0. The van der Waals surface area contributed by atoms with Crippen LogP contribution >= 0.6 is 23.2 Å². The molecule has 2 N–H and O–H groups in total. The lowest BCUT2D eigenvalue weighted by Crippen LogP contribution is -2.24. The minimum atomic E-state index is -2.88. The maximum Gasteiger partial charge on any atom is 0.273 e. The number of imidazole rings is 1. The molecular formula is C19H10Cl2F3N7O2. The molecule has 33 heavy (non-hydrogen) atoms. The fourth-order valence-electron chi connectivity index (χ4n) is 2.63. The van der Waals surface area contributed by atoms with Gasteiger partial charge in [-0.1, -0.05) is 29.3 Å². The summed E-state index contributed by atoms with van der Waals surface area (Å²) in [7, 11) is 0. The standard InChI is InChI=1S/C19H10Cl2F3N7O2/c20-12-2-1-9(7-27-18(32)14-16(21)29-19(28-14)30-31-26)13(22)15(12)33-11-4-8(6-25)3-10(5-11)17(23)24/h1-5,17H,7H2,(H,27,32)(H,28,29). The second-order valence-corrected chi connectivity index (χ2v) is 7.04. The van der Waals surface area contributed by atoms with Gasteiger partial charge in [0.25, 0.3) is 12.3 Å². The fourth-order valence-corrected chi connectivity index (χ4v) is 3.03. The second-order valence-electron chi connectivity index (χ2n) is 6.25. The van der Waals surface area contributed by atoms with E-state index >= 15 is 4.39 Å². The molecule has 0 atom stereocenters. The number of benzene rings is 2. The van der Waals surface area contributed by atoms with E-state index in [1.807, 2.05) is 0 Å². The number of H-pyrrole nitrogens is 1. The van der Waals surface area contributed by atoms with Gasteiger partial charge < -0.3 is 15.0 Å². The van der Waals surface area contributed by atoms with Gasteiger partial charge in [0.1, 0.15) is 10.9 Å². The number of aromatic nitrogens is 2. The van der Waals surface area contributed by atoms with Crippen molar-refractivity contribution in [2.75, 3.05) is 0 Å². The molecule has 168 valence electrons. The molecule has 1 aromatic heterocycles. The van der Waals surface area contributed by atoms with Crippen molar-refractivity contribution in [1.82, 2.24) is 15.3 Å². The maximum absolute atomic E-state index is 15.0. The normalized spacial score (nSPS) is 10.5. The van der Waals surface area contributed by atoms with E-state index in [9.17, 15) is 13.6 Å². The van der Waals surface area contributed by atoms with Crippen LogP contribution in [0.5, 0.6) is 11.5 Å². The van der Waals surface area contributed by atoms with Crippen molar-refractivity contribution < 1.29 is 22.7 Å². The van der Waals surface area contributed by atoms with E-state index < -0.39 is 29.5 Å². The number of alkyl halides is 2. The number of hydrogen-bond donors (Lipinski definition) is 2. The molecule has 0 radical (unpaired) electrons. The Hall–Kier alpha value is -3.91. The van der Waals surface area contributed by atoms with Crippen LogP contribution < -0.4 is 10.1 Å². The van der Waals surface area contributed by atoms with Crippen molar-refractivity contribution in [3.8, 4) is 17.6 Å². The van der Waals surface area contributed by atoms with E-state index in [0.29, 0.717) is 0 Å². The Labute approximate surface area is 193 Å². The minimum Gasteiger partial charge on any atom is -0.453 e. The molecule has 0 aliphatic carbocycles. The van der Waals surface area contributed by atoms with Gasteiger partial charge in [-0.15, -0.1) is 0 Å². The highest BCUT2D eigenvalue weighted by Gasteiger charge is 2.20. The molecule has 0 aliphatic heterocycles. The Morgan fingerprint density at radius 2 is 2.12 bits per heavy atom. The Morgan fingerprint density at radius 3 is 2.79 bits per heavy atom. The lowest BCUT2D eigenvalue weighted by atomic mass is 10.1. The average Bonchev–Trinajstić information content (AvgIpc) is 3.16. The molecule has 9 nitrogen and oxygen atoms in total. The molecule has 0 spiro atoms. The first-order valence-corrected chi connectivity index (χ1v) is 9.55. The molecule has 0 bridgehead atoms. The van der Waals surface area contributed by atoms with Crippen molar-refractivity contribution in [1.29, 1.82) is 5.26 Å². The number of azide groups is 1. The molecule has 3 aromatic rings. The number of nitrogens with zero attached hydrogens (tertiary/aromatic N) is 5. The quantitative estimate of drug-likeness (QED) is 0.224. The first-order valence-electron chi connectivity index (χ1n) is 8.80. The largest absolute Gasteiger partial charge is 0.453 e. The molecule has 2 aromatic carbocycles. The van der Waals surface area contributed by atoms with Gasteiger partial charge in [-0.2, -0.15) is 5.26 Å². The number of hydrogen-bond acceptors (Lipinski definition) is 5. The van der Waals surface area contributed by atoms with Crippen LogP contribution in [0.25, 0.3) is 10.4 Å². The number of carbonyl (C=O) groups excluding carboxylic acids is 1. The van der Waals surface area contributed by atoms with Crippen LogP contribution in [0, 0.1) is 17.1 Å². The molecule has 14 heteroatoms. The third-order valence-electron chi connectivity index (χ3n) is 4.10. The number of nitriles is 1. The van der Waals surface area contributed by atoms with Crippen molar-refractivity contribution in [2.45, 2.75) is 13.0 Å². The first-order chi connectivity index (χ1) is 15.7. The van der Waals surface area contributed by atoms with Crippen LogP contribution in [-0.4, -0.2) is 15.9 Å². The summed E-state index contributed by atoms with van der Waals surface area (Å²) < 4.78 is 46.5. The predicted octanol–water partition coefficient (Wildman–Crippen LogP) is 6.33. The van der Waals surface area contributed by atoms with Crippen molar-refractivity contribution in [2.24, 2.45) is 5.11 Å². The average molecular weight is 496 g/mol. The molecule has 0 aliphatic rings. The lowest BCUT2D eigenvalue weighted by molar-refractivity contribution is 0.0946. The van der Waals surface area contributed by atoms with Gasteiger partial charge in [0.2, 0.25) is 0 Å². The third kappa shape index (κ3) is 5.48. The van der Waals surface area contributed by atoms with E-state index in [2.05, 4.69) is 25.3 Å². The monoisotopic (exact) mass is 495 g/mol. The predicted molar refractivity (Wildman–Crippen MR) is 111 cm³/mol. The van der Waals surface area contributed by atoms with Gasteiger partial charge >= 0.3 is 0 Å². The summed E-state index contributed by atoms with van der Waals surface area (Å²) in [5.41, 5.74) is 7.47. The molecule has 0 unspecified atom stereocenters. The van der Waals surface area contributed by atoms with Crippen LogP contribution in [0.15, 0.2) is 35.4 Å². The van der Waals surface area contributed by atoms with E-state index in [1.54, 1.807) is 6.07 Å². The van der Waals surface area contributed by atoms with Gasteiger partial charge in [-0.25, -0.2) is 18.2 Å². The summed E-state index contributed by atoms with van der Waals surface area (Å²) in [6, 6.07) is 7.36. The van der Waals surface area contributed by atoms with Crippen molar-refractivity contribution in [3.63, 3.8) is 0 Å². The zero-order chi connectivity index (χ0) is 24.1. The van der Waals surface area contributed by atoms with Crippen LogP contribution in [0.3, 0.4) is 0 Å². The SMILES string of the molecule is N#Cc1cc(Oc2c(Cl)ccc(CNC(=O)c3nc(N=[N+]=[N-])[nH]c3Cl)c2F)cc(C(F)F)c1. The molecule has 1 heterocycles. The molecule has 0 saturated heterocycles. The Morgan fingerprint density at radius 1 is 1.36 bits per heavy atom. The smallest absolute Gasteiger partial charge is 0.273 e. The zero-order valence-electron chi connectivity index (χ0n) is 16.1. The Bertz CT molecular complexity index is 1320. The Balaban J connectivity index is 1.83. The minimum absolute atomic E-state index is 0.0600. The van der Waals surface area contributed by atoms with E-state index in [1.165, 1.54) is 12.1 Å². The number of amides is 1. The molecular weight excluding hydrogens is 486 g/mol. The number of halogens is 5.